The molecule has 0 amide bonds. The first-order chi connectivity index (χ1) is 8.74. The van der Waals surface area contributed by atoms with Crippen molar-refractivity contribution in [1.82, 2.24) is 4.90 Å². The predicted molar refractivity (Wildman–Crippen MR) is 77.6 cm³/mol. The summed E-state index contributed by atoms with van der Waals surface area (Å²) in [6.45, 7) is 3.20. The lowest BCUT2D eigenvalue weighted by atomic mass is 9.66. The fourth-order valence-electron chi connectivity index (χ4n) is 2.74. The SMILES string of the molecule is CN(CCc1ccccc1)CCC1(CN)CCC1. The maximum absolute atomic E-state index is 5.90. The third kappa shape index (κ3) is 3.56. The van der Waals surface area contributed by atoms with E-state index in [4.69, 9.17) is 5.73 Å². The standard InChI is InChI=1S/C16H26N2/c1-18(12-8-15-6-3-2-4-7-15)13-11-16(14-17)9-5-10-16/h2-4,6-7H,5,8-14,17H2,1H3. The quantitative estimate of drug-likeness (QED) is 0.801. The van der Waals surface area contributed by atoms with Crippen LogP contribution in [0.25, 0.3) is 0 Å². The molecule has 2 heteroatoms. The van der Waals surface area contributed by atoms with E-state index in [1.54, 1.807) is 0 Å². The van der Waals surface area contributed by atoms with Gasteiger partial charge in [-0.05, 0) is 56.8 Å². The molecule has 2 nitrogen and oxygen atoms in total. The summed E-state index contributed by atoms with van der Waals surface area (Å²) in [6.07, 6.45) is 6.48. The molecule has 0 heterocycles. The average molecular weight is 246 g/mol. The second-order valence-electron chi connectivity index (χ2n) is 5.85. The summed E-state index contributed by atoms with van der Waals surface area (Å²) in [5, 5.41) is 0. The Morgan fingerprint density at radius 1 is 1.17 bits per heavy atom. The summed E-state index contributed by atoms with van der Waals surface area (Å²) in [5.74, 6) is 0. The normalized spacial score (nSPS) is 17.7. The van der Waals surface area contributed by atoms with Crippen molar-refractivity contribution >= 4 is 0 Å². The van der Waals surface area contributed by atoms with Crippen LogP contribution in [0.4, 0.5) is 0 Å². The van der Waals surface area contributed by atoms with Crippen LogP contribution in [-0.4, -0.2) is 31.6 Å². The highest BCUT2D eigenvalue weighted by Crippen LogP contribution is 2.42. The van der Waals surface area contributed by atoms with Gasteiger partial charge in [-0.25, -0.2) is 0 Å². The van der Waals surface area contributed by atoms with Crippen LogP contribution in [0.15, 0.2) is 30.3 Å². The van der Waals surface area contributed by atoms with Crippen molar-refractivity contribution in [2.75, 3.05) is 26.7 Å². The summed E-state index contributed by atoms with van der Waals surface area (Å²) in [7, 11) is 2.23. The monoisotopic (exact) mass is 246 g/mol. The number of likely N-dealkylation sites (N-methyl/N-ethyl adjacent to an activating group) is 1. The smallest absolute Gasteiger partial charge is 0.00188 e. The molecule has 2 N–H and O–H groups in total. The minimum atomic E-state index is 0.487. The van der Waals surface area contributed by atoms with Crippen LogP contribution in [0.3, 0.4) is 0 Å². The van der Waals surface area contributed by atoms with Crippen molar-refractivity contribution in [3.05, 3.63) is 35.9 Å². The van der Waals surface area contributed by atoms with E-state index >= 15 is 0 Å². The van der Waals surface area contributed by atoms with E-state index in [2.05, 4.69) is 42.3 Å². The Morgan fingerprint density at radius 3 is 2.44 bits per heavy atom. The van der Waals surface area contributed by atoms with Gasteiger partial charge in [0.05, 0.1) is 0 Å². The van der Waals surface area contributed by atoms with Gasteiger partial charge in [-0.3, -0.25) is 0 Å². The molecular weight excluding hydrogens is 220 g/mol. The summed E-state index contributed by atoms with van der Waals surface area (Å²) in [4.78, 5) is 2.45. The molecule has 0 aliphatic heterocycles. The Hall–Kier alpha value is -0.860. The Bertz CT molecular complexity index is 338. The van der Waals surface area contributed by atoms with Gasteiger partial charge in [0.15, 0.2) is 0 Å². The van der Waals surface area contributed by atoms with Crippen molar-refractivity contribution < 1.29 is 0 Å². The molecule has 2 rings (SSSR count). The molecule has 1 aliphatic carbocycles. The van der Waals surface area contributed by atoms with Crippen molar-refractivity contribution in [1.29, 1.82) is 0 Å². The van der Waals surface area contributed by atoms with Crippen molar-refractivity contribution in [2.45, 2.75) is 32.1 Å². The molecule has 1 aromatic carbocycles. The molecular formula is C16H26N2. The number of hydrogen-bond acceptors (Lipinski definition) is 2. The third-order valence-electron chi connectivity index (χ3n) is 4.50. The summed E-state index contributed by atoms with van der Waals surface area (Å²) in [6, 6.07) is 10.7. The fraction of sp³-hybridized carbons (Fsp3) is 0.625. The molecule has 1 fully saturated rings. The molecule has 1 aromatic rings. The molecule has 0 radical (unpaired) electrons. The van der Waals surface area contributed by atoms with Crippen LogP contribution in [-0.2, 0) is 6.42 Å². The van der Waals surface area contributed by atoms with Crippen molar-refractivity contribution in [3.8, 4) is 0 Å². The van der Waals surface area contributed by atoms with E-state index < -0.39 is 0 Å². The molecule has 18 heavy (non-hydrogen) atoms. The number of nitrogens with two attached hydrogens (primary N) is 1. The maximum atomic E-state index is 5.90. The minimum absolute atomic E-state index is 0.487. The lowest BCUT2D eigenvalue weighted by molar-refractivity contribution is 0.112. The van der Waals surface area contributed by atoms with E-state index in [1.807, 2.05) is 0 Å². The first-order valence-corrected chi connectivity index (χ1v) is 7.17. The van der Waals surface area contributed by atoms with Gasteiger partial charge in [0, 0.05) is 6.54 Å². The van der Waals surface area contributed by atoms with Gasteiger partial charge in [-0.2, -0.15) is 0 Å². The van der Waals surface area contributed by atoms with Crippen molar-refractivity contribution in [3.63, 3.8) is 0 Å². The number of nitrogens with zero attached hydrogens (tertiary/aromatic N) is 1. The van der Waals surface area contributed by atoms with Crippen molar-refractivity contribution in [2.24, 2.45) is 11.1 Å². The number of benzene rings is 1. The van der Waals surface area contributed by atoms with E-state index in [9.17, 15) is 0 Å². The lowest BCUT2D eigenvalue weighted by Gasteiger charge is -2.42. The highest BCUT2D eigenvalue weighted by Gasteiger charge is 2.34. The van der Waals surface area contributed by atoms with Gasteiger partial charge in [0.1, 0.15) is 0 Å². The van der Waals surface area contributed by atoms with Crippen LogP contribution in [0.2, 0.25) is 0 Å². The molecule has 0 atom stereocenters. The summed E-state index contributed by atoms with van der Waals surface area (Å²) < 4.78 is 0. The van der Waals surface area contributed by atoms with Crippen LogP contribution in [0, 0.1) is 5.41 Å². The second-order valence-corrected chi connectivity index (χ2v) is 5.85. The van der Waals surface area contributed by atoms with Crippen LogP contribution in [0.1, 0.15) is 31.2 Å². The van der Waals surface area contributed by atoms with Gasteiger partial charge in [-0.1, -0.05) is 36.8 Å². The number of rotatable bonds is 7. The lowest BCUT2D eigenvalue weighted by Crippen LogP contribution is -2.40. The summed E-state index contributed by atoms with van der Waals surface area (Å²) >= 11 is 0. The van der Waals surface area contributed by atoms with Crippen LogP contribution < -0.4 is 5.73 Å². The maximum Gasteiger partial charge on any atom is 0.00188 e. The first-order valence-electron chi connectivity index (χ1n) is 7.17. The Labute approximate surface area is 111 Å². The van der Waals surface area contributed by atoms with E-state index in [1.165, 1.54) is 37.8 Å². The topological polar surface area (TPSA) is 29.3 Å². The zero-order valence-electron chi connectivity index (χ0n) is 11.6. The molecule has 0 bridgehead atoms. The Kier molecular flexibility index (Phi) is 4.79. The molecule has 100 valence electrons. The number of hydrogen-bond donors (Lipinski definition) is 1. The molecule has 1 aliphatic rings. The van der Waals surface area contributed by atoms with Gasteiger partial charge in [0.25, 0.3) is 0 Å². The van der Waals surface area contributed by atoms with E-state index in [-0.39, 0.29) is 0 Å². The predicted octanol–water partition coefficient (Wildman–Crippen LogP) is 2.68. The Morgan fingerprint density at radius 2 is 1.89 bits per heavy atom. The van der Waals surface area contributed by atoms with Crippen LogP contribution in [0.5, 0.6) is 0 Å². The zero-order valence-corrected chi connectivity index (χ0v) is 11.6. The first kappa shape index (κ1) is 13.6. The minimum Gasteiger partial charge on any atom is -0.330 e. The van der Waals surface area contributed by atoms with E-state index in [0.29, 0.717) is 5.41 Å². The highest BCUT2D eigenvalue weighted by atomic mass is 15.1. The summed E-state index contributed by atoms with van der Waals surface area (Å²) in [5.41, 5.74) is 7.82. The molecule has 0 aromatic heterocycles. The Balaban J connectivity index is 1.67. The molecule has 0 spiro atoms. The van der Waals surface area contributed by atoms with Gasteiger partial charge < -0.3 is 10.6 Å². The van der Waals surface area contributed by atoms with Crippen LogP contribution >= 0.6 is 0 Å². The third-order valence-corrected chi connectivity index (χ3v) is 4.50. The fourth-order valence-corrected chi connectivity index (χ4v) is 2.74. The van der Waals surface area contributed by atoms with E-state index in [0.717, 1.165) is 19.5 Å². The molecule has 0 unspecified atom stereocenters. The van der Waals surface area contributed by atoms with Gasteiger partial charge in [0.2, 0.25) is 0 Å². The van der Waals surface area contributed by atoms with Gasteiger partial charge >= 0.3 is 0 Å². The average Bonchev–Trinajstić information content (AvgIpc) is 2.37. The second kappa shape index (κ2) is 6.35. The van der Waals surface area contributed by atoms with Gasteiger partial charge in [-0.15, -0.1) is 0 Å². The zero-order chi connectivity index (χ0) is 12.8. The highest BCUT2D eigenvalue weighted by molar-refractivity contribution is 5.14. The molecule has 0 saturated heterocycles. The molecule has 1 saturated carbocycles. The largest absolute Gasteiger partial charge is 0.330 e.